The van der Waals surface area contributed by atoms with Crippen LogP contribution in [0.5, 0.6) is 0 Å². The summed E-state index contributed by atoms with van der Waals surface area (Å²) in [7, 11) is 0. The molecule has 0 amide bonds. The lowest BCUT2D eigenvalue weighted by atomic mass is 10.2. The summed E-state index contributed by atoms with van der Waals surface area (Å²) in [5.74, 6) is 0. The van der Waals surface area contributed by atoms with Crippen molar-refractivity contribution < 1.29 is 13.2 Å². The molecule has 13 heavy (non-hydrogen) atoms. The molecule has 0 saturated carbocycles. The van der Waals surface area contributed by atoms with E-state index in [9.17, 15) is 13.2 Å². The summed E-state index contributed by atoms with van der Waals surface area (Å²) < 4.78 is 37.1. The highest BCUT2D eigenvalue weighted by atomic mass is 79.9. The van der Waals surface area contributed by atoms with Crippen LogP contribution in [0.15, 0.2) is 21.1 Å². The minimum atomic E-state index is -4.39. The van der Waals surface area contributed by atoms with Gasteiger partial charge in [-0.05, 0) is 28.1 Å². The molecule has 0 radical (unpaired) electrons. The summed E-state index contributed by atoms with van der Waals surface area (Å²) in [4.78, 5) is 0. The fourth-order valence-electron chi connectivity index (χ4n) is 0.817. The van der Waals surface area contributed by atoms with Gasteiger partial charge in [0.25, 0.3) is 0 Å². The van der Waals surface area contributed by atoms with Crippen LogP contribution in [0.25, 0.3) is 0 Å². The van der Waals surface area contributed by atoms with Crippen molar-refractivity contribution in [3.8, 4) is 0 Å². The number of hydrogen-bond acceptors (Lipinski definition) is 1. The third-order valence-electron chi connectivity index (χ3n) is 1.37. The number of anilines is 1. The van der Waals surface area contributed by atoms with Crippen LogP contribution in [0.3, 0.4) is 0 Å². The van der Waals surface area contributed by atoms with E-state index < -0.39 is 11.7 Å². The van der Waals surface area contributed by atoms with Gasteiger partial charge in [-0.25, -0.2) is 0 Å². The van der Waals surface area contributed by atoms with E-state index in [1.807, 2.05) is 0 Å². The molecule has 6 heteroatoms. The average Bonchev–Trinajstić information content (AvgIpc) is 1.94. The fourth-order valence-corrected chi connectivity index (χ4v) is 1.75. The predicted octanol–water partition coefficient (Wildman–Crippen LogP) is 3.81. The third kappa shape index (κ3) is 2.37. The molecule has 1 rings (SSSR count). The number of alkyl halides is 3. The van der Waals surface area contributed by atoms with Crippen molar-refractivity contribution in [2.45, 2.75) is 6.18 Å². The average molecular weight is 319 g/mol. The molecule has 0 fully saturated rings. The number of benzene rings is 1. The Morgan fingerprint density at radius 2 is 1.69 bits per heavy atom. The lowest BCUT2D eigenvalue weighted by Crippen LogP contribution is -2.07. The first kappa shape index (κ1) is 10.8. The van der Waals surface area contributed by atoms with Gasteiger partial charge in [-0.1, -0.05) is 15.9 Å². The molecule has 0 saturated heterocycles. The topological polar surface area (TPSA) is 26.0 Å². The molecule has 72 valence electrons. The van der Waals surface area contributed by atoms with E-state index in [4.69, 9.17) is 5.73 Å². The second kappa shape index (κ2) is 3.49. The Balaban J connectivity index is 3.37. The fraction of sp³-hybridized carbons (Fsp3) is 0.143. The third-order valence-corrected chi connectivity index (χ3v) is 2.71. The van der Waals surface area contributed by atoms with E-state index in [-0.39, 0.29) is 10.2 Å². The molecule has 2 N–H and O–H groups in total. The van der Waals surface area contributed by atoms with E-state index in [0.29, 0.717) is 4.47 Å². The van der Waals surface area contributed by atoms with Crippen LogP contribution in [0.2, 0.25) is 0 Å². The van der Waals surface area contributed by atoms with Crippen molar-refractivity contribution >= 4 is 37.5 Å². The standard InChI is InChI=1S/C7H4Br2F3N/c8-3-1-4(7(10,11)12)6(9)5(13)2-3/h1-2H,13H2. The molecule has 0 aliphatic carbocycles. The Labute approximate surface area is 89.4 Å². The number of rotatable bonds is 0. The Morgan fingerprint density at radius 3 is 2.15 bits per heavy atom. The minimum Gasteiger partial charge on any atom is -0.398 e. The summed E-state index contributed by atoms with van der Waals surface area (Å²) >= 11 is 5.72. The van der Waals surface area contributed by atoms with E-state index in [0.717, 1.165) is 6.07 Å². The smallest absolute Gasteiger partial charge is 0.398 e. The summed E-state index contributed by atoms with van der Waals surface area (Å²) in [5, 5.41) is 0. The van der Waals surface area contributed by atoms with Crippen molar-refractivity contribution in [3.05, 3.63) is 26.6 Å². The van der Waals surface area contributed by atoms with Gasteiger partial charge in [0.15, 0.2) is 0 Å². The minimum absolute atomic E-state index is 0.0571. The second-order valence-corrected chi connectivity index (χ2v) is 4.06. The number of nitrogen functional groups attached to an aromatic ring is 1. The molecule has 0 atom stereocenters. The summed E-state index contributed by atoms with van der Waals surface area (Å²) in [6.45, 7) is 0. The monoisotopic (exact) mass is 317 g/mol. The molecule has 1 nitrogen and oxygen atoms in total. The van der Waals surface area contributed by atoms with E-state index in [1.54, 1.807) is 0 Å². The van der Waals surface area contributed by atoms with Crippen molar-refractivity contribution in [1.82, 2.24) is 0 Å². The predicted molar refractivity (Wildman–Crippen MR) is 51.3 cm³/mol. The normalized spacial score (nSPS) is 11.8. The lowest BCUT2D eigenvalue weighted by molar-refractivity contribution is -0.138. The molecule has 1 aromatic rings. The maximum Gasteiger partial charge on any atom is 0.417 e. The van der Waals surface area contributed by atoms with Gasteiger partial charge in [-0.3, -0.25) is 0 Å². The first-order valence-corrected chi connectivity index (χ1v) is 4.72. The molecular formula is C7H4Br2F3N. The molecule has 0 bridgehead atoms. The van der Waals surface area contributed by atoms with Gasteiger partial charge in [0.05, 0.1) is 10.0 Å². The highest BCUT2D eigenvalue weighted by molar-refractivity contribution is 9.11. The van der Waals surface area contributed by atoms with Gasteiger partial charge in [0.1, 0.15) is 0 Å². The number of hydrogen-bond donors (Lipinski definition) is 1. The van der Waals surface area contributed by atoms with Gasteiger partial charge in [0, 0.05) is 10.2 Å². The lowest BCUT2D eigenvalue weighted by Gasteiger charge is -2.11. The zero-order chi connectivity index (χ0) is 10.2. The van der Waals surface area contributed by atoms with E-state index in [2.05, 4.69) is 31.9 Å². The van der Waals surface area contributed by atoms with Gasteiger partial charge >= 0.3 is 6.18 Å². The maximum atomic E-state index is 12.3. The van der Waals surface area contributed by atoms with E-state index in [1.165, 1.54) is 6.07 Å². The van der Waals surface area contributed by atoms with Crippen LogP contribution in [0.1, 0.15) is 5.56 Å². The second-order valence-electron chi connectivity index (χ2n) is 2.35. The molecule has 0 unspecified atom stereocenters. The zero-order valence-corrected chi connectivity index (χ0v) is 9.29. The summed E-state index contributed by atoms with van der Waals surface area (Å²) in [6, 6.07) is 2.37. The molecule has 1 aromatic carbocycles. The van der Waals surface area contributed by atoms with Gasteiger partial charge in [0.2, 0.25) is 0 Å². The maximum absolute atomic E-state index is 12.3. The van der Waals surface area contributed by atoms with Crippen LogP contribution in [0.4, 0.5) is 18.9 Å². The van der Waals surface area contributed by atoms with Crippen molar-refractivity contribution in [3.63, 3.8) is 0 Å². The SMILES string of the molecule is Nc1cc(Br)cc(C(F)(F)F)c1Br. The first-order valence-electron chi connectivity index (χ1n) is 3.14. The van der Waals surface area contributed by atoms with Gasteiger partial charge in [-0.15, -0.1) is 0 Å². The highest BCUT2D eigenvalue weighted by Crippen LogP contribution is 2.39. The zero-order valence-electron chi connectivity index (χ0n) is 6.12. The van der Waals surface area contributed by atoms with Crippen LogP contribution < -0.4 is 5.73 Å². The molecule has 0 heterocycles. The van der Waals surface area contributed by atoms with Crippen molar-refractivity contribution in [2.24, 2.45) is 0 Å². The Hall–Kier alpha value is -0.230. The van der Waals surface area contributed by atoms with Crippen LogP contribution >= 0.6 is 31.9 Å². The highest BCUT2D eigenvalue weighted by Gasteiger charge is 2.33. The Morgan fingerprint density at radius 1 is 1.15 bits per heavy atom. The Bertz CT molecular complexity index is 335. The first-order chi connectivity index (χ1) is 5.82. The molecule has 0 spiro atoms. The number of nitrogens with two attached hydrogens (primary N) is 1. The Kier molecular flexibility index (Phi) is 2.91. The van der Waals surface area contributed by atoms with Crippen molar-refractivity contribution in [1.29, 1.82) is 0 Å². The molecule has 0 aliphatic rings. The molecule has 0 aliphatic heterocycles. The van der Waals surface area contributed by atoms with Crippen LogP contribution in [0, 0.1) is 0 Å². The van der Waals surface area contributed by atoms with Crippen LogP contribution in [-0.4, -0.2) is 0 Å². The van der Waals surface area contributed by atoms with Crippen LogP contribution in [-0.2, 0) is 6.18 Å². The molecule has 0 aromatic heterocycles. The van der Waals surface area contributed by atoms with Gasteiger partial charge in [-0.2, -0.15) is 13.2 Å². The van der Waals surface area contributed by atoms with Crippen molar-refractivity contribution in [2.75, 3.05) is 5.73 Å². The van der Waals surface area contributed by atoms with E-state index >= 15 is 0 Å². The number of halogens is 5. The largest absolute Gasteiger partial charge is 0.417 e. The summed E-state index contributed by atoms with van der Waals surface area (Å²) in [6.07, 6.45) is -4.39. The van der Waals surface area contributed by atoms with Gasteiger partial charge < -0.3 is 5.73 Å². The molecular weight excluding hydrogens is 315 g/mol. The quantitative estimate of drug-likeness (QED) is 0.723. The summed E-state index contributed by atoms with van der Waals surface area (Å²) in [5.41, 5.74) is 4.62.